The number of pyridine rings is 1. The summed E-state index contributed by atoms with van der Waals surface area (Å²) in [5.41, 5.74) is 0. The highest BCUT2D eigenvalue weighted by Gasteiger charge is 2.14. The lowest BCUT2D eigenvalue weighted by atomic mass is 10.1. The second kappa shape index (κ2) is 4.89. The number of thioether (sulfide) groups is 1. The number of nitrogens with zero attached hydrogens (tertiary/aromatic N) is 1. The molecule has 1 atom stereocenters. The molecular formula is C10H13ClN2S. The summed E-state index contributed by atoms with van der Waals surface area (Å²) in [6, 6.07) is 3.78. The van der Waals surface area contributed by atoms with Gasteiger partial charge in [-0.2, -0.15) is 11.8 Å². The van der Waals surface area contributed by atoms with Crippen molar-refractivity contribution in [2.45, 2.75) is 6.42 Å². The van der Waals surface area contributed by atoms with Crippen molar-refractivity contribution >= 4 is 29.2 Å². The molecule has 2 rings (SSSR count). The van der Waals surface area contributed by atoms with Gasteiger partial charge in [0.15, 0.2) is 0 Å². The molecule has 1 aromatic heterocycles. The Hall–Kier alpha value is -0.410. The van der Waals surface area contributed by atoms with Gasteiger partial charge in [-0.3, -0.25) is 0 Å². The Kier molecular flexibility index (Phi) is 3.54. The molecule has 1 N–H and O–H groups in total. The van der Waals surface area contributed by atoms with E-state index in [2.05, 4.69) is 10.3 Å². The molecule has 2 nitrogen and oxygen atoms in total. The lowest BCUT2D eigenvalue weighted by molar-refractivity contribution is 0.630. The summed E-state index contributed by atoms with van der Waals surface area (Å²) in [4.78, 5) is 4.19. The fraction of sp³-hybridized carbons (Fsp3) is 0.500. The summed E-state index contributed by atoms with van der Waals surface area (Å²) in [5, 5.41) is 4.02. The Morgan fingerprint density at radius 1 is 1.57 bits per heavy atom. The maximum absolute atomic E-state index is 5.75. The van der Waals surface area contributed by atoms with Gasteiger partial charge in [0.2, 0.25) is 0 Å². The van der Waals surface area contributed by atoms with Gasteiger partial charge in [-0.05, 0) is 36.0 Å². The van der Waals surface area contributed by atoms with Crippen LogP contribution in [0, 0.1) is 5.92 Å². The van der Waals surface area contributed by atoms with Gasteiger partial charge in [-0.15, -0.1) is 0 Å². The molecule has 4 heteroatoms. The van der Waals surface area contributed by atoms with Gasteiger partial charge in [0.25, 0.3) is 0 Å². The smallest absolute Gasteiger partial charge is 0.125 e. The molecule has 0 spiro atoms. The van der Waals surface area contributed by atoms with Crippen molar-refractivity contribution in [2.75, 3.05) is 23.4 Å². The first-order valence-electron chi connectivity index (χ1n) is 4.78. The topological polar surface area (TPSA) is 24.9 Å². The molecule has 1 aliphatic rings. The summed E-state index contributed by atoms with van der Waals surface area (Å²) < 4.78 is 0. The maximum atomic E-state index is 5.75. The van der Waals surface area contributed by atoms with Crippen LogP contribution >= 0.6 is 23.4 Å². The minimum absolute atomic E-state index is 0.687. The van der Waals surface area contributed by atoms with Gasteiger partial charge < -0.3 is 5.32 Å². The minimum Gasteiger partial charge on any atom is -0.370 e. The van der Waals surface area contributed by atoms with Crippen molar-refractivity contribution in [3.63, 3.8) is 0 Å². The Morgan fingerprint density at radius 2 is 2.50 bits per heavy atom. The van der Waals surface area contributed by atoms with Crippen LogP contribution in [0.15, 0.2) is 18.3 Å². The molecule has 1 aliphatic heterocycles. The number of halogens is 1. The van der Waals surface area contributed by atoms with Crippen LogP contribution in [-0.2, 0) is 0 Å². The largest absolute Gasteiger partial charge is 0.370 e. The van der Waals surface area contributed by atoms with Gasteiger partial charge in [-0.1, -0.05) is 11.6 Å². The lowest BCUT2D eigenvalue weighted by Gasteiger charge is -2.09. The zero-order chi connectivity index (χ0) is 9.80. The average molecular weight is 229 g/mol. The predicted molar refractivity (Wildman–Crippen MR) is 63.2 cm³/mol. The van der Waals surface area contributed by atoms with E-state index in [0.29, 0.717) is 5.02 Å². The van der Waals surface area contributed by atoms with E-state index in [-0.39, 0.29) is 0 Å². The predicted octanol–water partition coefficient (Wildman–Crippen LogP) is 2.90. The molecule has 1 unspecified atom stereocenters. The minimum atomic E-state index is 0.687. The van der Waals surface area contributed by atoms with Crippen LogP contribution in [0.25, 0.3) is 0 Å². The summed E-state index contributed by atoms with van der Waals surface area (Å²) in [7, 11) is 0. The van der Waals surface area contributed by atoms with Crippen LogP contribution in [0.3, 0.4) is 0 Å². The number of hydrogen-bond acceptors (Lipinski definition) is 3. The Bertz CT molecular complexity index is 283. The van der Waals surface area contributed by atoms with Crippen LogP contribution in [0.1, 0.15) is 6.42 Å². The molecule has 2 heterocycles. The molecule has 76 valence electrons. The van der Waals surface area contributed by atoms with Crippen LogP contribution < -0.4 is 5.32 Å². The van der Waals surface area contributed by atoms with Gasteiger partial charge in [-0.25, -0.2) is 4.98 Å². The van der Waals surface area contributed by atoms with Crippen molar-refractivity contribution in [3.05, 3.63) is 23.4 Å². The van der Waals surface area contributed by atoms with Crippen molar-refractivity contribution < 1.29 is 0 Å². The van der Waals surface area contributed by atoms with Crippen molar-refractivity contribution in [1.82, 2.24) is 4.98 Å². The first kappa shape index (κ1) is 10.1. The molecule has 0 radical (unpaired) electrons. The summed E-state index contributed by atoms with van der Waals surface area (Å²) >= 11 is 7.78. The van der Waals surface area contributed by atoms with Crippen LogP contribution in [0.5, 0.6) is 0 Å². The van der Waals surface area contributed by atoms with Gasteiger partial charge in [0.1, 0.15) is 5.82 Å². The zero-order valence-corrected chi connectivity index (χ0v) is 9.44. The highest BCUT2D eigenvalue weighted by atomic mass is 35.5. The van der Waals surface area contributed by atoms with Crippen LogP contribution in [-0.4, -0.2) is 23.0 Å². The highest BCUT2D eigenvalue weighted by molar-refractivity contribution is 7.99. The lowest BCUT2D eigenvalue weighted by Crippen LogP contribution is -2.13. The van der Waals surface area contributed by atoms with Gasteiger partial charge >= 0.3 is 0 Å². The standard InChI is InChI=1S/C10H13ClN2S/c11-9-1-2-10(13-6-9)12-5-8-3-4-14-7-8/h1-2,6,8H,3-5,7H2,(H,12,13). The van der Waals surface area contributed by atoms with E-state index in [1.165, 1.54) is 17.9 Å². The molecule has 1 fully saturated rings. The summed E-state index contributed by atoms with van der Waals surface area (Å²) in [6.07, 6.45) is 3.00. The van der Waals surface area contributed by atoms with Crippen molar-refractivity contribution in [3.8, 4) is 0 Å². The SMILES string of the molecule is Clc1ccc(NCC2CCSC2)nc1. The second-order valence-electron chi connectivity index (χ2n) is 3.47. The highest BCUT2D eigenvalue weighted by Crippen LogP contribution is 2.23. The second-order valence-corrected chi connectivity index (χ2v) is 5.06. The van der Waals surface area contributed by atoms with E-state index in [0.717, 1.165) is 18.3 Å². The number of anilines is 1. The fourth-order valence-corrected chi connectivity index (χ4v) is 2.87. The number of aromatic nitrogens is 1. The van der Waals surface area contributed by atoms with E-state index in [4.69, 9.17) is 11.6 Å². The maximum Gasteiger partial charge on any atom is 0.125 e. The Labute approximate surface area is 93.4 Å². The van der Waals surface area contributed by atoms with Gasteiger partial charge in [0.05, 0.1) is 5.02 Å². The molecule has 0 bridgehead atoms. The Balaban J connectivity index is 1.82. The summed E-state index contributed by atoms with van der Waals surface area (Å²) in [6.45, 7) is 1.03. The van der Waals surface area contributed by atoms with Crippen LogP contribution in [0.2, 0.25) is 5.02 Å². The first-order valence-corrected chi connectivity index (χ1v) is 6.31. The molecule has 1 aromatic rings. The van der Waals surface area contributed by atoms with Crippen LogP contribution in [0.4, 0.5) is 5.82 Å². The third-order valence-electron chi connectivity index (χ3n) is 2.32. The Morgan fingerprint density at radius 3 is 3.14 bits per heavy atom. The normalized spacial score (nSPS) is 21.1. The molecule has 0 aliphatic carbocycles. The molecule has 0 amide bonds. The average Bonchev–Trinajstić information content (AvgIpc) is 2.70. The number of hydrogen-bond donors (Lipinski definition) is 1. The molecule has 14 heavy (non-hydrogen) atoms. The van der Waals surface area contributed by atoms with Crippen molar-refractivity contribution in [1.29, 1.82) is 0 Å². The fourth-order valence-electron chi connectivity index (χ4n) is 1.47. The van der Waals surface area contributed by atoms with E-state index < -0.39 is 0 Å². The first-order chi connectivity index (χ1) is 6.84. The van der Waals surface area contributed by atoms with E-state index >= 15 is 0 Å². The van der Waals surface area contributed by atoms with E-state index in [1.54, 1.807) is 6.20 Å². The van der Waals surface area contributed by atoms with E-state index in [1.807, 2.05) is 23.9 Å². The van der Waals surface area contributed by atoms with E-state index in [9.17, 15) is 0 Å². The quantitative estimate of drug-likeness (QED) is 0.861. The monoisotopic (exact) mass is 228 g/mol. The van der Waals surface area contributed by atoms with Gasteiger partial charge in [0, 0.05) is 12.7 Å². The zero-order valence-electron chi connectivity index (χ0n) is 7.87. The number of nitrogens with one attached hydrogen (secondary N) is 1. The molecule has 0 aromatic carbocycles. The molecule has 0 saturated carbocycles. The molecule has 1 saturated heterocycles. The number of rotatable bonds is 3. The van der Waals surface area contributed by atoms with Crippen molar-refractivity contribution in [2.24, 2.45) is 5.92 Å². The molecular weight excluding hydrogens is 216 g/mol. The third-order valence-corrected chi connectivity index (χ3v) is 3.78. The summed E-state index contributed by atoms with van der Waals surface area (Å²) in [5.74, 6) is 4.31. The third kappa shape index (κ3) is 2.79.